The molecule has 0 aliphatic carbocycles. The van der Waals surface area contributed by atoms with Crippen LogP contribution in [0.5, 0.6) is 11.5 Å². The molecule has 0 spiro atoms. The summed E-state index contributed by atoms with van der Waals surface area (Å²) >= 11 is 0. The lowest BCUT2D eigenvalue weighted by atomic mass is 9.96. The molecule has 0 amide bonds. The van der Waals surface area contributed by atoms with E-state index in [2.05, 4.69) is 9.47 Å². The molecule has 152 valence electrons. The van der Waals surface area contributed by atoms with Gasteiger partial charge >= 0.3 is 17.9 Å². The van der Waals surface area contributed by atoms with Crippen LogP contribution < -0.4 is 9.47 Å². The van der Waals surface area contributed by atoms with Gasteiger partial charge in [0.25, 0.3) is 0 Å². The first-order valence-corrected chi connectivity index (χ1v) is 8.63. The number of methoxy groups -OCH3 is 4. The second-order valence-corrected chi connectivity index (χ2v) is 6.26. The van der Waals surface area contributed by atoms with Gasteiger partial charge in [0.1, 0.15) is 23.7 Å². The normalized spacial score (nSPS) is 13.1. The third-order valence-electron chi connectivity index (χ3n) is 4.56. The van der Waals surface area contributed by atoms with Crippen molar-refractivity contribution in [3.05, 3.63) is 34.4 Å². The van der Waals surface area contributed by atoms with Crippen LogP contribution in [0, 0.1) is 5.92 Å². The molecule has 0 saturated heterocycles. The molecule has 1 aromatic carbocycles. The minimum Gasteiger partial charge on any atom is -0.496 e. The minimum absolute atomic E-state index is 0.150. The van der Waals surface area contributed by atoms with Crippen molar-refractivity contribution >= 4 is 17.9 Å². The van der Waals surface area contributed by atoms with Crippen LogP contribution in [-0.4, -0.2) is 46.3 Å². The highest BCUT2D eigenvalue weighted by Gasteiger charge is 2.31. The molecule has 0 radical (unpaired) electrons. The average Bonchev–Trinajstić information content (AvgIpc) is 3.08. The van der Waals surface area contributed by atoms with E-state index < -0.39 is 23.8 Å². The molecule has 0 unspecified atom stereocenters. The molecule has 1 heterocycles. The molecular weight excluding hydrogens is 368 g/mol. The van der Waals surface area contributed by atoms with Crippen molar-refractivity contribution in [3.63, 3.8) is 0 Å². The summed E-state index contributed by atoms with van der Waals surface area (Å²) in [6, 6.07) is 1.76. The van der Waals surface area contributed by atoms with Gasteiger partial charge in [-0.05, 0) is 25.8 Å². The summed E-state index contributed by atoms with van der Waals surface area (Å²) in [7, 11) is 5.45. The van der Waals surface area contributed by atoms with Gasteiger partial charge in [0.15, 0.2) is 5.92 Å². The topological polar surface area (TPSA) is 97.4 Å². The second-order valence-electron chi connectivity index (χ2n) is 6.26. The van der Waals surface area contributed by atoms with Gasteiger partial charge in [0.2, 0.25) is 0 Å². The van der Waals surface area contributed by atoms with E-state index in [-0.39, 0.29) is 13.0 Å². The van der Waals surface area contributed by atoms with Crippen LogP contribution in [0.15, 0.2) is 17.7 Å². The summed E-state index contributed by atoms with van der Waals surface area (Å²) < 4.78 is 25.4. The number of esters is 3. The summed E-state index contributed by atoms with van der Waals surface area (Å²) in [6.07, 6.45) is 2.36. The molecular formula is C20H24O8. The number of rotatable bonds is 8. The van der Waals surface area contributed by atoms with Gasteiger partial charge in [-0.2, -0.15) is 0 Å². The molecule has 0 saturated carbocycles. The van der Waals surface area contributed by atoms with E-state index in [1.807, 2.05) is 6.08 Å². The Morgan fingerprint density at radius 1 is 1.14 bits per heavy atom. The number of carbonyl (C=O) groups is 3. The standard InChI is InChI=1S/C20H24O8/c1-11(8-14(18(21)26-4)19(22)27-5)6-7-13-15(24-2)9-12-10-28-20(23)16(12)17(13)25-3/h6,9,14H,7-8,10H2,1-5H3/b11-6+. The van der Waals surface area contributed by atoms with Crippen molar-refractivity contribution < 1.29 is 38.1 Å². The minimum atomic E-state index is -1.04. The number of benzene rings is 1. The van der Waals surface area contributed by atoms with Crippen LogP contribution in [-0.2, 0) is 36.8 Å². The predicted molar refractivity (Wildman–Crippen MR) is 98.3 cm³/mol. The lowest BCUT2D eigenvalue weighted by Gasteiger charge is -2.16. The van der Waals surface area contributed by atoms with Crippen LogP contribution in [0.4, 0.5) is 0 Å². The summed E-state index contributed by atoms with van der Waals surface area (Å²) in [4.78, 5) is 35.7. The predicted octanol–water partition coefficient (Wildman–Crippen LogP) is 2.22. The number of cyclic esters (lactones) is 1. The quantitative estimate of drug-likeness (QED) is 0.287. The van der Waals surface area contributed by atoms with Crippen molar-refractivity contribution in [2.75, 3.05) is 28.4 Å². The zero-order chi connectivity index (χ0) is 20.8. The highest BCUT2D eigenvalue weighted by atomic mass is 16.5. The van der Waals surface area contributed by atoms with Crippen LogP contribution >= 0.6 is 0 Å². The smallest absolute Gasteiger partial charge is 0.342 e. The van der Waals surface area contributed by atoms with Gasteiger partial charge in [-0.3, -0.25) is 9.59 Å². The van der Waals surface area contributed by atoms with Crippen molar-refractivity contribution in [2.45, 2.75) is 26.4 Å². The second kappa shape index (κ2) is 9.25. The summed E-state index contributed by atoms with van der Waals surface area (Å²) in [5.41, 5.74) is 2.55. The number of allylic oxidation sites excluding steroid dienone is 2. The fraction of sp³-hybridized carbons (Fsp3) is 0.450. The number of carbonyl (C=O) groups excluding carboxylic acids is 3. The third-order valence-corrected chi connectivity index (χ3v) is 4.56. The van der Waals surface area contributed by atoms with Crippen molar-refractivity contribution in [2.24, 2.45) is 5.92 Å². The van der Waals surface area contributed by atoms with E-state index in [0.717, 1.165) is 5.57 Å². The van der Waals surface area contributed by atoms with Gasteiger partial charge < -0.3 is 23.7 Å². The summed E-state index contributed by atoms with van der Waals surface area (Å²) in [6.45, 7) is 1.97. The van der Waals surface area contributed by atoms with E-state index >= 15 is 0 Å². The highest BCUT2D eigenvalue weighted by molar-refractivity contribution is 5.97. The molecule has 0 N–H and O–H groups in total. The Hall–Kier alpha value is -3.03. The van der Waals surface area contributed by atoms with Crippen molar-refractivity contribution in [1.82, 2.24) is 0 Å². The van der Waals surface area contributed by atoms with E-state index in [4.69, 9.17) is 14.2 Å². The van der Waals surface area contributed by atoms with E-state index in [0.29, 0.717) is 34.6 Å². The SMILES string of the molecule is COC(=O)C(C/C(C)=C/Cc1c(OC)cc2c(c1OC)C(=O)OC2)C(=O)OC. The van der Waals surface area contributed by atoms with Crippen LogP contribution in [0.2, 0.25) is 0 Å². The van der Waals surface area contributed by atoms with Gasteiger partial charge in [0, 0.05) is 11.1 Å². The van der Waals surface area contributed by atoms with Gasteiger partial charge in [-0.1, -0.05) is 11.6 Å². The molecule has 0 bridgehead atoms. The fourth-order valence-corrected chi connectivity index (χ4v) is 3.11. The lowest BCUT2D eigenvalue weighted by molar-refractivity contribution is -0.158. The van der Waals surface area contributed by atoms with Gasteiger partial charge in [0.05, 0.1) is 28.4 Å². The van der Waals surface area contributed by atoms with E-state index in [1.165, 1.54) is 28.4 Å². The molecule has 8 nitrogen and oxygen atoms in total. The molecule has 8 heteroatoms. The van der Waals surface area contributed by atoms with E-state index in [1.54, 1.807) is 13.0 Å². The van der Waals surface area contributed by atoms with Gasteiger partial charge in [-0.15, -0.1) is 0 Å². The monoisotopic (exact) mass is 392 g/mol. The zero-order valence-corrected chi connectivity index (χ0v) is 16.6. The van der Waals surface area contributed by atoms with Crippen LogP contribution in [0.1, 0.15) is 34.8 Å². The van der Waals surface area contributed by atoms with E-state index in [9.17, 15) is 14.4 Å². The maximum atomic E-state index is 12.0. The Labute approximate surface area is 163 Å². The van der Waals surface area contributed by atoms with Crippen LogP contribution in [0.25, 0.3) is 0 Å². The highest BCUT2D eigenvalue weighted by Crippen LogP contribution is 2.39. The fourth-order valence-electron chi connectivity index (χ4n) is 3.11. The molecule has 0 aromatic heterocycles. The molecule has 1 aromatic rings. The maximum absolute atomic E-state index is 12.0. The van der Waals surface area contributed by atoms with Crippen LogP contribution in [0.3, 0.4) is 0 Å². The summed E-state index contributed by atoms with van der Waals surface area (Å²) in [5, 5.41) is 0. The Morgan fingerprint density at radius 3 is 2.32 bits per heavy atom. The molecule has 1 aliphatic rings. The Kier molecular flexibility index (Phi) is 7.03. The zero-order valence-electron chi connectivity index (χ0n) is 16.6. The first kappa shape index (κ1) is 21.3. The van der Waals surface area contributed by atoms with Gasteiger partial charge in [-0.25, -0.2) is 4.79 Å². The Bertz CT molecular complexity index is 793. The molecule has 0 fully saturated rings. The molecule has 1 aliphatic heterocycles. The average molecular weight is 392 g/mol. The number of fused-ring (bicyclic) bond motifs is 1. The Morgan fingerprint density at radius 2 is 1.79 bits per heavy atom. The Balaban J connectivity index is 2.32. The number of hydrogen-bond acceptors (Lipinski definition) is 8. The summed E-state index contributed by atoms with van der Waals surface area (Å²) in [5.74, 6) is -1.82. The molecule has 2 rings (SSSR count). The first-order valence-electron chi connectivity index (χ1n) is 8.63. The molecule has 28 heavy (non-hydrogen) atoms. The number of ether oxygens (including phenoxy) is 5. The molecule has 0 atom stereocenters. The third kappa shape index (κ3) is 4.27. The largest absolute Gasteiger partial charge is 0.496 e. The lowest BCUT2D eigenvalue weighted by Crippen LogP contribution is -2.26. The maximum Gasteiger partial charge on any atom is 0.342 e. The first-order chi connectivity index (χ1) is 13.4. The van der Waals surface area contributed by atoms with Crippen molar-refractivity contribution in [1.29, 1.82) is 0 Å². The number of hydrogen-bond donors (Lipinski definition) is 0. The van der Waals surface area contributed by atoms with Crippen molar-refractivity contribution in [3.8, 4) is 11.5 Å².